The number of methoxy groups -OCH3 is 1. The van der Waals surface area contributed by atoms with Gasteiger partial charge in [0.25, 0.3) is 0 Å². The smallest absolute Gasteiger partial charge is 0.304 e. The van der Waals surface area contributed by atoms with Crippen LogP contribution in [0, 0.1) is 13.8 Å². The lowest BCUT2D eigenvalue weighted by molar-refractivity contribution is -0.137. The monoisotopic (exact) mass is 251 g/mol. The zero-order valence-electron chi connectivity index (χ0n) is 11.5. The molecule has 0 saturated heterocycles. The van der Waals surface area contributed by atoms with E-state index in [0.717, 1.165) is 17.9 Å². The summed E-state index contributed by atoms with van der Waals surface area (Å²) in [5, 5.41) is 8.65. The molecule has 100 valence electrons. The Hall–Kier alpha value is -1.55. The third-order valence-electron chi connectivity index (χ3n) is 3.00. The molecule has 0 aromatic heterocycles. The molecule has 0 radical (unpaired) electrons. The molecule has 18 heavy (non-hydrogen) atoms. The third-order valence-corrected chi connectivity index (χ3v) is 3.00. The minimum Gasteiger partial charge on any atom is -0.496 e. The summed E-state index contributed by atoms with van der Waals surface area (Å²) in [6, 6.07) is 4.13. The standard InChI is InChI=1S/C14H21NO3/c1-10-8-13(18-4)11(2)7-12(10)9-15(3)6-5-14(16)17/h7-8H,5-6,9H2,1-4H3,(H,16,17). The van der Waals surface area contributed by atoms with Gasteiger partial charge in [-0.2, -0.15) is 0 Å². The van der Waals surface area contributed by atoms with Gasteiger partial charge in [-0.15, -0.1) is 0 Å². The maximum absolute atomic E-state index is 10.5. The fourth-order valence-corrected chi connectivity index (χ4v) is 1.90. The number of hydrogen-bond donors (Lipinski definition) is 1. The Morgan fingerprint density at radius 3 is 2.56 bits per heavy atom. The van der Waals surface area contributed by atoms with Crippen molar-refractivity contribution in [1.29, 1.82) is 0 Å². The molecule has 1 rings (SSSR count). The molecule has 0 aliphatic heterocycles. The predicted molar refractivity (Wildman–Crippen MR) is 71.1 cm³/mol. The van der Waals surface area contributed by atoms with Crippen LogP contribution >= 0.6 is 0 Å². The molecule has 0 heterocycles. The quantitative estimate of drug-likeness (QED) is 0.842. The second-order valence-electron chi connectivity index (χ2n) is 4.63. The van der Waals surface area contributed by atoms with Gasteiger partial charge < -0.3 is 14.7 Å². The van der Waals surface area contributed by atoms with Crippen LogP contribution in [0.25, 0.3) is 0 Å². The van der Waals surface area contributed by atoms with Gasteiger partial charge in [0.15, 0.2) is 0 Å². The average molecular weight is 251 g/mol. The van der Waals surface area contributed by atoms with Crippen LogP contribution < -0.4 is 4.74 Å². The van der Waals surface area contributed by atoms with Crippen LogP contribution in [0.4, 0.5) is 0 Å². The lowest BCUT2D eigenvalue weighted by atomic mass is 10.0. The molecule has 0 unspecified atom stereocenters. The molecule has 0 atom stereocenters. The number of nitrogens with zero attached hydrogens (tertiary/aromatic N) is 1. The van der Waals surface area contributed by atoms with Crippen LogP contribution in [0.15, 0.2) is 12.1 Å². The van der Waals surface area contributed by atoms with Crippen molar-refractivity contribution in [3.05, 3.63) is 28.8 Å². The lowest BCUT2D eigenvalue weighted by Crippen LogP contribution is -2.21. The molecule has 4 heteroatoms. The number of aliphatic carboxylic acids is 1. The summed E-state index contributed by atoms with van der Waals surface area (Å²) in [5.74, 6) is 0.133. The largest absolute Gasteiger partial charge is 0.496 e. The topological polar surface area (TPSA) is 49.8 Å². The van der Waals surface area contributed by atoms with E-state index >= 15 is 0 Å². The van der Waals surface area contributed by atoms with E-state index in [1.165, 1.54) is 11.1 Å². The van der Waals surface area contributed by atoms with Crippen molar-refractivity contribution < 1.29 is 14.6 Å². The highest BCUT2D eigenvalue weighted by atomic mass is 16.5. The molecular formula is C14H21NO3. The molecule has 1 aromatic rings. The van der Waals surface area contributed by atoms with E-state index in [-0.39, 0.29) is 6.42 Å². The fraction of sp³-hybridized carbons (Fsp3) is 0.500. The van der Waals surface area contributed by atoms with Gasteiger partial charge in [-0.25, -0.2) is 0 Å². The first kappa shape index (κ1) is 14.5. The SMILES string of the molecule is COc1cc(C)c(CN(C)CCC(=O)O)cc1C. The molecule has 0 aliphatic rings. The maximum Gasteiger partial charge on any atom is 0.304 e. The van der Waals surface area contributed by atoms with E-state index in [2.05, 4.69) is 6.07 Å². The molecule has 0 spiro atoms. The van der Waals surface area contributed by atoms with E-state index in [1.807, 2.05) is 31.9 Å². The van der Waals surface area contributed by atoms with Crippen LogP contribution in [0.3, 0.4) is 0 Å². The number of aryl methyl sites for hydroxylation is 2. The Labute approximate surface area is 108 Å². The Balaban J connectivity index is 2.72. The van der Waals surface area contributed by atoms with Crippen molar-refractivity contribution in [3.63, 3.8) is 0 Å². The second-order valence-corrected chi connectivity index (χ2v) is 4.63. The third kappa shape index (κ3) is 4.04. The zero-order chi connectivity index (χ0) is 13.7. The molecule has 1 aromatic carbocycles. The summed E-state index contributed by atoms with van der Waals surface area (Å²) >= 11 is 0. The molecule has 0 aliphatic carbocycles. The number of carboxylic acids is 1. The highest BCUT2D eigenvalue weighted by Crippen LogP contribution is 2.23. The molecule has 0 saturated carbocycles. The number of benzene rings is 1. The first-order valence-electron chi connectivity index (χ1n) is 5.98. The summed E-state index contributed by atoms with van der Waals surface area (Å²) < 4.78 is 5.27. The van der Waals surface area contributed by atoms with Crippen molar-refractivity contribution in [3.8, 4) is 5.75 Å². The first-order valence-corrected chi connectivity index (χ1v) is 5.98. The normalized spacial score (nSPS) is 10.7. The highest BCUT2D eigenvalue weighted by molar-refractivity contribution is 5.66. The van der Waals surface area contributed by atoms with Crippen LogP contribution in [0.1, 0.15) is 23.1 Å². The van der Waals surface area contributed by atoms with Gasteiger partial charge in [-0.1, -0.05) is 6.07 Å². The van der Waals surface area contributed by atoms with Gasteiger partial charge in [0, 0.05) is 13.1 Å². The summed E-state index contributed by atoms with van der Waals surface area (Å²) in [6.45, 7) is 5.37. The summed E-state index contributed by atoms with van der Waals surface area (Å²) in [4.78, 5) is 12.5. The average Bonchev–Trinajstić information content (AvgIpc) is 2.30. The van der Waals surface area contributed by atoms with Gasteiger partial charge in [0.2, 0.25) is 0 Å². The molecule has 1 N–H and O–H groups in total. The van der Waals surface area contributed by atoms with Crippen molar-refractivity contribution >= 4 is 5.97 Å². The zero-order valence-corrected chi connectivity index (χ0v) is 11.5. The maximum atomic E-state index is 10.5. The lowest BCUT2D eigenvalue weighted by Gasteiger charge is -2.18. The Morgan fingerprint density at radius 2 is 2.00 bits per heavy atom. The van der Waals surface area contributed by atoms with E-state index in [4.69, 9.17) is 9.84 Å². The summed E-state index contributed by atoms with van der Waals surface area (Å²) in [6.07, 6.45) is 0.171. The molecule has 0 amide bonds. The molecular weight excluding hydrogens is 230 g/mol. The first-order chi connectivity index (χ1) is 8.43. The Kier molecular flexibility index (Phi) is 5.16. The van der Waals surface area contributed by atoms with Gasteiger partial charge in [-0.3, -0.25) is 4.79 Å². The van der Waals surface area contributed by atoms with Crippen molar-refractivity contribution in [1.82, 2.24) is 4.90 Å². The fourth-order valence-electron chi connectivity index (χ4n) is 1.90. The number of rotatable bonds is 6. The van der Waals surface area contributed by atoms with E-state index < -0.39 is 5.97 Å². The molecule has 4 nitrogen and oxygen atoms in total. The van der Waals surface area contributed by atoms with Gasteiger partial charge >= 0.3 is 5.97 Å². The molecule has 0 bridgehead atoms. The summed E-state index contributed by atoms with van der Waals surface area (Å²) in [5.41, 5.74) is 3.48. The van der Waals surface area contributed by atoms with Crippen LogP contribution in [0.5, 0.6) is 5.75 Å². The van der Waals surface area contributed by atoms with Crippen LogP contribution in [-0.2, 0) is 11.3 Å². The molecule has 0 fully saturated rings. The van der Waals surface area contributed by atoms with E-state index in [9.17, 15) is 4.79 Å². The van der Waals surface area contributed by atoms with Gasteiger partial charge in [0.1, 0.15) is 5.75 Å². The summed E-state index contributed by atoms with van der Waals surface area (Å²) in [7, 11) is 3.60. The number of ether oxygens (including phenoxy) is 1. The van der Waals surface area contributed by atoms with Crippen LogP contribution in [0.2, 0.25) is 0 Å². The van der Waals surface area contributed by atoms with Crippen molar-refractivity contribution in [2.45, 2.75) is 26.8 Å². The number of hydrogen-bond acceptors (Lipinski definition) is 3. The van der Waals surface area contributed by atoms with Gasteiger partial charge in [0.05, 0.1) is 13.5 Å². The van der Waals surface area contributed by atoms with Gasteiger partial charge in [-0.05, 0) is 43.7 Å². The Bertz CT molecular complexity index is 429. The minimum absolute atomic E-state index is 0.171. The minimum atomic E-state index is -0.760. The van der Waals surface area contributed by atoms with Crippen LogP contribution in [-0.4, -0.2) is 36.7 Å². The van der Waals surface area contributed by atoms with Crippen molar-refractivity contribution in [2.24, 2.45) is 0 Å². The van der Waals surface area contributed by atoms with E-state index in [1.54, 1.807) is 7.11 Å². The highest BCUT2D eigenvalue weighted by Gasteiger charge is 2.08. The number of carboxylic acid groups (broad SMARTS) is 1. The second kappa shape index (κ2) is 6.40. The van der Waals surface area contributed by atoms with E-state index in [0.29, 0.717) is 6.54 Å². The Morgan fingerprint density at radius 1 is 1.33 bits per heavy atom. The predicted octanol–water partition coefficient (Wildman–Crippen LogP) is 2.22. The number of carbonyl (C=O) groups is 1. The van der Waals surface area contributed by atoms with Crippen molar-refractivity contribution in [2.75, 3.05) is 20.7 Å².